The molecular weight excluding hydrogens is 403 g/mol. The molecule has 0 aliphatic rings. The predicted molar refractivity (Wildman–Crippen MR) is 91.3 cm³/mol. The first-order valence-electron chi connectivity index (χ1n) is 6.85. The van der Waals surface area contributed by atoms with Gasteiger partial charge in [0.1, 0.15) is 0 Å². The molecule has 0 aliphatic carbocycles. The van der Waals surface area contributed by atoms with Crippen LogP contribution in [0.5, 0.6) is 5.75 Å². The number of benzene rings is 2. The zero-order valence-corrected chi connectivity index (χ0v) is 14.8. The molecule has 2 amide bonds. The molecule has 126 valence electrons. The Morgan fingerprint density at radius 2 is 1.92 bits per heavy atom. The Balaban J connectivity index is 1.93. The minimum absolute atomic E-state index is 0.0542. The molecule has 0 aliphatic heterocycles. The molecule has 5 nitrogen and oxygen atoms in total. The van der Waals surface area contributed by atoms with Gasteiger partial charge in [-0.1, -0.05) is 39.7 Å². The van der Waals surface area contributed by atoms with Crippen LogP contribution in [0.4, 0.5) is 4.39 Å². The number of hydrazine groups is 1. The van der Waals surface area contributed by atoms with Crippen LogP contribution in [0.2, 0.25) is 5.02 Å². The summed E-state index contributed by atoms with van der Waals surface area (Å²) in [5.74, 6) is -1.87. The number of para-hydroxylation sites is 1. The Hall–Kier alpha value is -2.12. The quantitative estimate of drug-likeness (QED) is 0.752. The van der Waals surface area contributed by atoms with Crippen LogP contribution < -0.4 is 15.6 Å². The molecule has 0 radical (unpaired) electrons. The molecule has 0 bridgehead atoms. The van der Waals surface area contributed by atoms with Crippen molar-refractivity contribution in [2.45, 2.75) is 13.0 Å². The van der Waals surface area contributed by atoms with Gasteiger partial charge in [-0.05, 0) is 37.3 Å². The van der Waals surface area contributed by atoms with E-state index < -0.39 is 23.7 Å². The number of halogens is 3. The van der Waals surface area contributed by atoms with Crippen LogP contribution in [-0.2, 0) is 4.79 Å². The molecule has 1 atom stereocenters. The van der Waals surface area contributed by atoms with Crippen LogP contribution in [-0.4, -0.2) is 17.9 Å². The van der Waals surface area contributed by atoms with E-state index in [1.54, 1.807) is 18.2 Å². The molecule has 2 aromatic carbocycles. The number of amides is 2. The standard InChI is InChI=1S/C16H13BrClFN2O3/c1-9(24-14-5-3-2-4-13(14)19)15(22)20-21-16(23)11-8-10(17)6-7-12(11)18/h2-9H,1H3,(H,20,22)(H,21,23). The van der Waals surface area contributed by atoms with Crippen molar-refractivity contribution in [3.8, 4) is 5.75 Å². The predicted octanol–water partition coefficient (Wildman–Crippen LogP) is 3.47. The van der Waals surface area contributed by atoms with E-state index in [2.05, 4.69) is 26.8 Å². The maximum atomic E-state index is 13.5. The van der Waals surface area contributed by atoms with E-state index in [0.29, 0.717) is 4.47 Å². The Bertz CT molecular complexity index is 773. The van der Waals surface area contributed by atoms with Crippen molar-refractivity contribution in [1.82, 2.24) is 10.9 Å². The van der Waals surface area contributed by atoms with Gasteiger partial charge in [-0.2, -0.15) is 0 Å². The highest BCUT2D eigenvalue weighted by atomic mass is 79.9. The molecule has 24 heavy (non-hydrogen) atoms. The zero-order valence-electron chi connectivity index (χ0n) is 12.5. The summed E-state index contributed by atoms with van der Waals surface area (Å²) < 4.78 is 19.4. The lowest BCUT2D eigenvalue weighted by molar-refractivity contribution is -0.128. The Kier molecular flexibility index (Phi) is 6.16. The molecule has 8 heteroatoms. The number of hydrogen-bond donors (Lipinski definition) is 2. The summed E-state index contributed by atoms with van der Waals surface area (Å²) in [4.78, 5) is 24.0. The third-order valence-corrected chi connectivity index (χ3v) is 3.80. The van der Waals surface area contributed by atoms with Crippen LogP contribution in [0, 0.1) is 5.82 Å². The highest BCUT2D eigenvalue weighted by Crippen LogP contribution is 2.20. The van der Waals surface area contributed by atoms with Crippen molar-refractivity contribution in [2.75, 3.05) is 0 Å². The van der Waals surface area contributed by atoms with Gasteiger partial charge in [0, 0.05) is 4.47 Å². The summed E-state index contributed by atoms with van der Waals surface area (Å²) in [7, 11) is 0. The van der Waals surface area contributed by atoms with Crippen molar-refractivity contribution in [1.29, 1.82) is 0 Å². The Morgan fingerprint density at radius 3 is 2.62 bits per heavy atom. The van der Waals surface area contributed by atoms with Crippen molar-refractivity contribution >= 4 is 39.3 Å². The van der Waals surface area contributed by atoms with Gasteiger partial charge in [-0.25, -0.2) is 4.39 Å². The van der Waals surface area contributed by atoms with Crippen molar-refractivity contribution in [3.63, 3.8) is 0 Å². The summed E-state index contributed by atoms with van der Waals surface area (Å²) in [6.07, 6.45) is -1.01. The number of carbonyl (C=O) groups excluding carboxylic acids is 2. The number of hydrogen-bond acceptors (Lipinski definition) is 3. The lowest BCUT2D eigenvalue weighted by atomic mass is 10.2. The fourth-order valence-electron chi connectivity index (χ4n) is 1.74. The largest absolute Gasteiger partial charge is 0.478 e. The summed E-state index contributed by atoms with van der Waals surface area (Å²) in [6.45, 7) is 1.43. The van der Waals surface area contributed by atoms with Gasteiger partial charge in [-0.15, -0.1) is 0 Å². The van der Waals surface area contributed by atoms with E-state index >= 15 is 0 Å². The highest BCUT2D eigenvalue weighted by molar-refractivity contribution is 9.10. The minimum Gasteiger partial charge on any atom is -0.478 e. The SMILES string of the molecule is CC(Oc1ccccc1F)C(=O)NNC(=O)c1cc(Br)ccc1Cl. The fourth-order valence-corrected chi connectivity index (χ4v) is 2.31. The van der Waals surface area contributed by atoms with Crippen LogP contribution in [0.3, 0.4) is 0 Å². The van der Waals surface area contributed by atoms with E-state index in [-0.39, 0.29) is 16.3 Å². The van der Waals surface area contributed by atoms with Crippen molar-refractivity contribution in [3.05, 3.63) is 63.3 Å². The van der Waals surface area contributed by atoms with Gasteiger partial charge >= 0.3 is 0 Å². The molecule has 0 fully saturated rings. The van der Waals surface area contributed by atoms with Gasteiger partial charge in [0.15, 0.2) is 17.7 Å². The topological polar surface area (TPSA) is 67.4 Å². The second kappa shape index (κ2) is 8.12. The zero-order chi connectivity index (χ0) is 17.7. The lowest BCUT2D eigenvalue weighted by Gasteiger charge is -2.15. The minimum atomic E-state index is -1.01. The molecule has 0 heterocycles. The molecule has 1 unspecified atom stereocenters. The maximum Gasteiger partial charge on any atom is 0.279 e. The molecule has 0 saturated carbocycles. The normalized spacial score (nSPS) is 11.5. The van der Waals surface area contributed by atoms with Crippen LogP contribution in [0.1, 0.15) is 17.3 Å². The van der Waals surface area contributed by atoms with Gasteiger partial charge in [0.2, 0.25) is 0 Å². The summed E-state index contributed by atoms with van der Waals surface area (Å²) in [5, 5.41) is 0.237. The number of nitrogens with one attached hydrogen (secondary N) is 2. The maximum absolute atomic E-state index is 13.5. The van der Waals surface area contributed by atoms with Gasteiger partial charge in [0.05, 0.1) is 10.6 Å². The first kappa shape index (κ1) is 18.2. The molecule has 2 N–H and O–H groups in total. The Labute approximate surface area is 151 Å². The smallest absolute Gasteiger partial charge is 0.279 e. The summed E-state index contributed by atoms with van der Waals surface area (Å²) in [5.41, 5.74) is 4.63. The molecule has 0 aromatic heterocycles. The molecule has 0 saturated heterocycles. The second-order valence-corrected chi connectivity index (χ2v) is 6.08. The fraction of sp³-hybridized carbons (Fsp3) is 0.125. The average molecular weight is 416 g/mol. The third-order valence-electron chi connectivity index (χ3n) is 2.98. The second-order valence-electron chi connectivity index (χ2n) is 4.76. The molecule has 2 aromatic rings. The summed E-state index contributed by atoms with van der Waals surface area (Å²) >= 11 is 9.16. The van der Waals surface area contributed by atoms with E-state index in [1.165, 1.54) is 31.2 Å². The van der Waals surface area contributed by atoms with Crippen LogP contribution in [0.15, 0.2) is 46.9 Å². The average Bonchev–Trinajstić information content (AvgIpc) is 2.56. The Morgan fingerprint density at radius 1 is 1.21 bits per heavy atom. The van der Waals surface area contributed by atoms with E-state index in [1.807, 2.05) is 0 Å². The molecular formula is C16H13BrClFN2O3. The number of rotatable bonds is 4. The van der Waals surface area contributed by atoms with E-state index in [9.17, 15) is 14.0 Å². The van der Waals surface area contributed by atoms with Crippen molar-refractivity contribution < 1.29 is 18.7 Å². The number of carbonyl (C=O) groups is 2. The lowest BCUT2D eigenvalue weighted by Crippen LogP contribution is -2.47. The molecule has 0 spiro atoms. The molecule has 2 rings (SSSR count). The van der Waals surface area contributed by atoms with Gasteiger partial charge in [-0.3, -0.25) is 20.4 Å². The monoisotopic (exact) mass is 414 g/mol. The van der Waals surface area contributed by atoms with Crippen molar-refractivity contribution in [2.24, 2.45) is 0 Å². The van der Waals surface area contributed by atoms with Crippen LogP contribution >= 0.6 is 27.5 Å². The van der Waals surface area contributed by atoms with E-state index in [0.717, 1.165) is 0 Å². The highest BCUT2D eigenvalue weighted by Gasteiger charge is 2.18. The summed E-state index contributed by atoms with van der Waals surface area (Å²) in [6, 6.07) is 10.5. The van der Waals surface area contributed by atoms with Gasteiger partial charge < -0.3 is 4.74 Å². The van der Waals surface area contributed by atoms with E-state index in [4.69, 9.17) is 16.3 Å². The van der Waals surface area contributed by atoms with Crippen LogP contribution in [0.25, 0.3) is 0 Å². The first-order valence-corrected chi connectivity index (χ1v) is 8.02. The number of ether oxygens (including phenoxy) is 1. The van der Waals surface area contributed by atoms with Gasteiger partial charge in [0.25, 0.3) is 11.8 Å². The first-order chi connectivity index (χ1) is 11.4. The third kappa shape index (κ3) is 4.69.